The summed E-state index contributed by atoms with van der Waals surface area (Å²) in [6, 6.07) is 7.29. The number of amides is 1. The van der Waals surface area contributed by atoms with Gasteiger partial charge in [-0.05, 0) is 17.7 Å². The summed E-state index contributed by atoms with van der Waals surface area (Å²) in [7, 11) is 1.49. The molecule has 1 N–H and O–H groups in total. The van der Waals surface area contributed by atoms with Gasteiger partial charge in [0.15, 0.2) is 5.75 Å². The van der Waals surface area contributed by atoms with E-state index in [0.717, 1.165) is 5.56 Å². The zero-order valence-electron chi connectivity index (χ0n) is 10.1. The van der Waals surface area contributed by atoms with Gasteiger partial charge in [0.1, 0.15) is 4.34 Å². The summed E-state index contributed by atoms with van der Waals surface area (Å²) in [5.74, 6) is 0.204. The Morgan fingerprint density at radius 2 is 2.00 bits per heavy atom. The molecule has 1 aromatic heterocycles. The lowest BCUT2D eigenvalue weighted by molar-refractivity contribution is 0.0948. The van der Waals surface area contributed by atoms with E-state index in [1.807, 2.05) is 12.1 Å². The number of methoxy groups -OCH3 is 1. The van der Waals surface area contributed by atoms with Crippen molar-refractivity contribution >= 4 is 40.4 Å². The van der Waals surface area contributed by atoms with Gasteiger partial charge in [-0.1, -0.05) is 35.3 Å². The number of hydrogen-bond acceptors (Lipinski definition) is 3. The Kier molecular flexibility index (Phi) is 4.69. The minimum Gasteiger partial charge on any atom is -0.493 e. The summed E-state index contributed by atoms with van der Waals surface area (Å²) in [5, 5.41) is 5.16. The molecule has 0 unspecified atom stereocenters. The summed E-state index contributed by atoms with van der Waals surface area (Å²) in [5.41, 5.74) is 1.42. The molecule has 2 rings (SSSR count). The number of hydrogen-bond donors (Lipinski definition) is 1. The molecule has 0 aliphatic carbocycles. The molecule has 3 nitrogen and oxygen atoms in total. The zero-order valence-corrected chi connectivity index (χ0v) is 12.4. The van der Waals surface area contributed by atoms with Gasteiger partial charge in [0, 0.05) is 16.9 Å². The third kappa shape index (κ3) is 3.41. The van der Waals surface area contributed by atoms with Crippen molar-refractivity contribution in [3.05, 3.63) is 50.1 Å². The summed E-state index contributed by atoms with van der Waals surface area (Å²) in [6.07, 6.45) is 0. The van der Waals surface area contributed by atoms with Crippen LogP contribution in [0.2, 0.25) is 9.36 Å². The van der Waals surface area contributed by atoms with Crippen LogP contribution in [-0.2, 0) is 6.54 Å². The molecule has 100 valence electrons. The van der Waals surface area contributed by atoms with Gasteiger partial charge in [0.05, 0.1) is 12.7 Å². The second kappa shape index (κ2) is 6.28. The third-order valence-corrected chi connectivity index (χ3v) is 3.96. The van der Waals surface area contributed by atoms with Crippen LogP contribution < -0.4 is 10.1 Å². The predicted molar refractivity (Wildman–Crippen MR) is 78.5 cm³/mol. The Hall–Kier alpha value is -1.23. The van der Waals surface area contributed by atoms with Gasteiger partial charge in [-0.15, -0.1) is 11.3 Å². The molecule has 0 radical (unpaired) electrons. The first-order chi connectivity index (χ1) is 9.11. The number of carbonyl (C=O) groups is 1. The van der Waals surface area contributed by atoms with Crippen LogP contribution in [0.25, 0.3) is 0 Å². The molecule has 0 fully saturated rings. The fourth-order valence-corrected chi connectivity index (χ4v) is 2.72. The first-order valence-electron chi connectivity index (χ1n) is 5.45. The van der Waals surface area contributed by atoms with Crippen molar-refractivity contribution in [3.8, 4) is 5.75 Å². The van der Waals surface area contributed by atoms with Crippen LogP contribution >= 0.6 is 34.5 Å². The normalized spacial score (nSPS) is 10.3. The van der Waals surface area contributed by atoms with Gasteiger partial charge in [-0.2, -0.15) is 0 Å². The number of thiophene rings is 1. The van der Waals surface area contributed by atoms with Crippen LogP contribution in [0.15, 0.2) is 29.6 Å². The van der Waals surface area contributed by atoms with E-state index in [9.17, 15) is 4.79 Å². The lowest BCUT2D eigenvalue weighted by Crippen LogP contribution is -2.22. The minimum absolute atomic E-state index is 0.213. The Morgan fingerprint density at radius 3 is 2.63 bits per heavy atom. The van der Waals surface area contributed by atoms with Crippen molar-refractivity contribution in [1.82, 2.24) is 5.32 Å². The van der Waals surface area contributed by atoms with Gasteiger partial charge in [0.25, 0.3) is 5.91 Å². The highest BCUT2D eigenvalue weighted by Gasteiger charge is 2.17. The second-order valence-electron chi connectivity index (χ2n) is 3.77. The van der Waals surface area contributed by atoms with Gasteiger partial charge in [0.2, 0.25) is 0 Å². The van der Waals surface area contributed by atoms with Crippen molar-refractivity contribution in [1.29, 1.82) is 0 Å². The summed E-state index contributed by atoms with van der Waals surface area (Å²) in [4.78, 5) is 12.0. The van der Waals surface area contributed by atoms with Crippen LogP contribution in [0, 0.1) is 0 Å². The Balaban J connectivity index is 2.03. The molecule has 1 heterocycles. The standard InChI is InChI=1S/C13H11Cl2NO2S/c1-18-11-10(7-19-12(11)15)13(17)16-6-8-2-4-9(14)5-3-8/h2-5,7H,6H2,1H3,(H,16,17). The largest absolute Gasteiger partial charge is 0.493 e. The maximum atomic E-state index is 12.0. The highest BCUT2D eigenvalue weighted by Crippen LogP contribution is 2.34. The molecule has 0 saturated heterocycles. The molecule has 0 aliphatic rings. The molecule has 0 aliphatic heterocycles. The van der Waals surface area contributed by atoms with Crippen molar-refractivity contribution in [2.24, 2.45) is 0 Å². The fourth-order valence-electron chi connectivity index (χ4n) is 1.55. The van der Waals surface area contributed by atoms with Crippen molar-refractivity contribution < 1.29 is 9.53 Å². The highest BCUT2D eigenvalue weighted by molar-refractivity contribution is 7.15. The number of benzene rings is 1. The van der Waals surface area contributed by atoms with Crippen molar-refractivity contribution in [2.75, 3.05) is 7.11 Å². The second-order valence-corrected chi connectivity index (χ2v) is 5.68. The van der Waals surface area contributed by atoms with Crippen LogP contribution in [0.5, 0.6) is 5.75 Å². The number of halogens is 2. The van der Waals surface area contributed by atoms with Crippen LogP contribution in [0.4, 0.5) is 0 Å². The quantitative estimate of drug-likeness (QED) is 0.926. The first-order valence-corrected chi connectivity index (χ1v) is 7.09. The van der Waals surface area contributed by atoms with E-state index in [4.69, 9.17) is 27.9 Å². The molecule has 0 saturated carbocycles. The third-order valence-electron chi connectivity index (χ3n) is 2.52. The van der Waals surface area contributed by atoms with E-state index >= 15 is 0 Å². The first kappa shape index (κ1) is 14.2. The molecular formula is C13H11Cl2NO2S. The predicted octanol–water partition coefficient (Wildman–Crippen LogP) is 3.99. The van der Waals surface area contributed by atoms with Gasteiger partial charge in [-0.25, -0.2) is 0 Å². The topological polar surface area (TPSA) is 38.3 Å². The van der Waals surface area contributed by atoms with Crippen molar-refractivity contribution in [2.45, 2.75) is 6.54 Å². The molecule has 19 heavy (non-hydrogen) atoms. The molecule has 0 spiro atoms. The number of nitrogens with one attached hydrogen (secondary N) is 1. The number of rotatable bonds is 4. The summed E-state index contributed by atoms with van der Waals surface area (Å²) >= 11 is 13.0. The molecule has 6 heteroatoms. The van der Waals surface area contributed by atoms with E-state index in [-0.39, 0.29) is 5.91 Å². The molecule has 1 amide bonds. The lowest BCUT2D eigenvalue weighted by atomic mass is 10.2. The summed E-state index contributed by atoms with van der Waals surface area (Å²) < 4.78 is 5.58. The number of carbonyl (C=O) groups excluding carboxylic acids is 1. The van der Waals surface area contributed by atoms with Gasteiger partial charge < -0.3 is 10.1 Å². The van der Waals surface area contributed by atoms with Crippen LogP contribution in [-0.4, -0.2) is 13.0 Å². The van der Waals surface area contributed by atoms with Gasteiger partial charge in [-0.3, -0.25) is 4.79 Å². The Morgan fingerprint density at radius 1 is 1.32 bits per heavy atom. The molecule has 0 atom stereocenters. The van der Waals surface area contributed by atoms with Crippen LogP contribution in [0.1, 0.15) is 15.9 Å². The van der Waals surface area contributed by atoms with Crippen LogP contribution in [0.3, 0.4) is 0 Å². The zero-order chi connectivity index (χ0) is 13.8. The van der Waals surface area contributed by atoms with E-state index < -0.39 is 0 Å². The maximum Gasteiger partial charge on any atom is 0.256 e. The van der Waals surface area contributed by atoms with Gasteiger partial charge >= 0.3 is 0 Å². The number of ether oxygens (including phenoxy) is 1. The van der Waals surface area contributed by atoms with E-state index in [1.165, 1.54) is 18.4 Å². The smallest absolute Gasteiger partial charge is 0.256 e. The molecular weight excluding hydrogens is 305 g/mol. The average Bonchev–Trinajstić information content (AvgIpc) is 2.79. The summed E-state index contributed by atoms with van der Waals surface area (Å²) in [6.45, 7) is 0.423. The Bertz CT molecular complexity index is 581. The maximum absolute atomic E-state index is 12.0. The lowest BCUT2D eigenvalue weighted by Gasteiger charge is -2.06. The van der Waals surface area contributed by atoms with Crippen molar-refractivity contribution in [3.63, 3.8) is 0 Å². The monoisotopic (exact) mass is 315 g/mol. The van der Waals surface area contributed by atoms with E-state index in [1.54, 1.807) is 17.5 Å². The Labute approximate surface area is 125 Å². The molecule has 0 bridgehead atoms. The molecule has 1 aromatic carbocycles. The highest BCUT2D eigenvalue weighted by atomic mass is 35.5. The SMILES string of the molecule is COc1c(C(=O)NCc2ccc(Cl)cc2)csc1Cl. The fraction of sp³-hybridized carbons (Fsp3) is 0.154. The minimum atomic E-state index is -0.213. The van der Waals surface area contributed by atoms with E-state index in [0.29, 0.717) is 27.2 Å². The average molecular weight is 316 g/mol. The molecule has 2 aromatic rings. The van der Waals surface area contributed by atoms with E-state index in [2.05, 4.69) is 5.32 Å².